The van der Waals surface area contributed by atoms with Gasteiger partial charge in [-0.1, -0.05) is 12.7 Å². The first-order chi connectivity index (χ1) is 4.22. The lowest BCUT2D eigenvalue weighted by molar-refractivity contribution is -0.117. The second-order valence-electron chi connectivity index (χ2n) is 1.25. The number of rotatable bonds is 3. The van der Waals surface area contributed by atoms with Crippen LogP contribution in [0.4, 0.5) is 0 Å². The molecule has 4 nitrogen and oxygen atoms in total. The van der Waals surface area contributed by atoms with E-state index in [1.165, 1.54) is 12.2 Å². The van der Waals surface area contributed by atoms with Crippen LogP contribution in [-0.2, 0) is 9.63 Å². The van der Waals surface area contributed by atoms with Gasteiger partial charge in [0.15, 0.2) is 0 Å². The van der Waals surface area contributed by atoms with Gasteiger partial charge in [-0.25, -0.2) is 0 Å². The number of allylic oxidation sites excluding steroid dienone is 2. The molecule has 4 N–H and O–H groups in total. The van der Waals surface area contributed by atoms with Crippen LogP contribution in [0.15, 0.2) is 24.5 Å². The number of carbonyl (C=O) groups is 1. The number of hydrogen-bond acceptors (Lipinski definition) is 3. The van der Waals surface area contributed by atoms with Crippen LogP contribution < -0.4 is 11.6 Å². The quantitative estimate of drug-likeness (QED) is 0.231. The SMILES string of the molecule is C=CC=C(ON)C(N)=O. The fourth-order valence-corrected chi connectivity index (χ4v) is 0.287. The Morgan fingerprint density at radius 1 is 1.67 bits per heavy atom. The molecule has 0 bridgehead atoms. The lowest BCUT2D eigenvalue weighted by Gasteiger charge is -1.95. The highest BCUT2D eigenvalue weighted by atomic mass is 16.6. The molecular weight excluding hydrogens is 120 g/mol. The van der Waals surface area contributed by atoms with Crippen molar-refractivity contribution in [2.45, 2.75) is 0 Å². The molecule has 0 saturated heterocycles. The molecule has 0 aromatic heterocycles. The van der Waals surface area contributed by atoms with Crippen molar-refractivity contribution in [3.63, 3.8) is 0 Å². The van der Waals surface area contributed by atoms with Crippen molar-refractivity contribution in [1.82, 2.24) is 0 Å². The zero-order valence-electron chi connectivity index (χ0n) is 4.83. The smallest absolute Gasteiger partial charge is 0.286 e. The fraction of sp³-hybridized carbons (Fsp3) is 0. The standard InChI is InChI=1S/C5H8N2O2/c1-2-3-4(9-7)5(6)8/h2-3H,1,7H2,(H2,6,8). The van der Waals surface area contributed by atoms with Gasteiger partial charge in [0.05, 0.1) is 0 Å². The summed E-state index contributed by atoms with van der Waals surface area (Å²) in [6.07, 6.45) is 2.63. The summed E-state index contributed by atoms with van der Waals surface area (Å²) in [6.45, 7) is 3.31. The maximum atomic E-state index is 10.2. The first-order valence-electron chi connectivity index (χ1n) is 2.21. The second-order valence-corrected chi connectivity index (χ2v) is 1.25. The van der Waals surface area contributed by atoms with Crippen molar-refractivity contribution in [2.75, 3.05) is 0 Å². The highest BCUT2D eigenvalue weighted by molar-refractivity contribution is 5.90. The summed E-state index contributed by atoms with van der Waals surface area (Å²) in [7, 11) is 0. The van der Waals surface area contributed by atoms with E-state index in [9.17, 15) is 4.79 Å². The zero-order valence-corrected chi connectivity index (χ0v) is 4.83. The van der Waals surface area contributed by atoms with Gasteiger partial charge < -0.3 is 10.6 Å². The van der Waals surface area contributed by atoms with Crippen molar-refractivity contribution >= 4 is 5.91 Å². The summed E-state index contributed by atoms with van der Waals surface area (Å²) in [4.78, 5) is 14.3. The van der Waals surface area contributed by atoms with E-state index in [0.717, 1.165) is 0 Å². The average Bonchev–Trinajstić information content (AvgIpc) is 1.82. The Balaban J connectivity index is 4.14. The van der Waals surface area contributed by atoms with Crippen molar-refractivity contribution in [3.8, 4) is 0 Å². The lowest BCUT2D eigenvalue weighted by atomic mass is 10.4. The summed E-state index contributed by atoms with van der Waals surface area (Å²) in [5, 5.41) is 0. The molecule has 0 aliphatic carbocycles. The van der Waals surface area contributed by atoms with Crippen molar-refractivity contribution in [1.29, 1.82) is 0 Å². The Morgan fingerprint density at radius 2 is 2.22 bits per heavy atom. The molecule has 0 spiro atoms. The maximum Gasteiger partial charge on any atom is 0.286 e. The molecule has 0 heterocycles. The third kappa shape index (κ3) is 2.50. The highest BCUT2D eigenvalue weighted by Gasteiger charge is 2.00. The molecule has 1 amide bonds. The van der Waals surface area contributed by atoms with Crippen LogP contribution in [0.1, 0.15) is 0 Å². The third-order valence-electron chi connectivity index (χ3n) is 0.639. The van der Waals surface area contributed by atoms with Gasteiger partial charge in [0.2, 0.25) is 5.76 Å². The topological polar surface area (TPSA) is 78.3 Å². The molecule has 4 heteroatoms. The van der Waals surface area contributed by atoms with E-state index in [2.05, 4.69) is 17.3 Å². The first-order valence-corrected chi connectivity index (χ1v) is 2.21. The Kier molecular flexibility index (Phi) is 3.15. The minimum Gasteiger partial charge on any atom is -0.406 e. The molecule has 0 unspecified atom stereocenters. The number of amides is 1. The average molecular weight is 128 g/mol. The molecule has 50 valence electrons. The van der Waals surface area contributed by atoms with Crippen molar-refractivity contribution in [2.24, 2.45) is 11.6 Å². The second kappa shape index (κ2) is 3.68. The number of primary amides is 1. The summed E-state index contributed by atoms with van der Waals surface area (Å²) >= 11 is 0. The van der Waals surface area contributed by atoms with E-state index >= 15 is 0 Å². The Morgan fingerprint density at radius 3 is 2.33 bits per heavy atom. The minimum atomic E-state index is -0.711. The fourth-order valence-electron chi connectivity index (χ4n) is 0.287. The van der Waals surface area contributed by atoms with Gasteiger partial charge in [-0.15, -0.1) is 0 Å². The molecular formula is C5H8N2O2. The van der Waals surface area contributed by atoms with Gasteiger partial charge in [-0.2, -0.15) is 5.90 Å². The third-order valence-corrected chi connectivity index (χ3v) is 0.639. The van der Waals surface area contributed by atoms with Crippen LogP contribution in [0, 0.1) is 0 Å². The molecule has 0 aromatic carbocycles. The molecule has 0 aromatic rings. The maximum absolute atomic E-state index is 10.2. The van der Waals surface area contributed by atoms with Crippen LogP contribution >= 0.6 is 0 Å². The summed E-state index contributed by atoms with van der Waals surface area (Å²) in [6, 6.07) is 0. The molecule has 0 rings (SSSR count). The first kappa shape index (κ1) is 7.71. The van der Waals surface area contributed by atoms with E-state index in [4.69, 9.17) is 5.73 Å². The Hall–Kier alpha value is -1.29. The van der Waals surface area contributed by atoms with Crippen LogP contribution in [0.2, 0.25) is 0 Å². The molecule has 0 radical (unpaired) electrons. The van der Waals surface area contributed by atoms with Gasteiger partial charge in [0.25, 0.3) is 5.91 Å². The van der Waals surface area contributed by atoms with E-state index < -0.39 is 5.91 Å². The van der Waals surface area contributed by atoms with Gasteiger partial charge >= 0.3 is 0 Å². The van der Waals surface area contributed by atoms with Crippen LogP contribution in [0.5, 0.6) is 0 Å². The van der Waals surface area contributed by atoms with Gasteiger partial charge in [0, 0.05) is 0 Å². The van der Waals surface area contributed by atoms with Crippen LogP contribution in [-0.4, -0.2) is 5.91 Å². The molecule has 0 atom stereocenters. The zero-order chi connectivity index (χ0) is 7.28. The van der Waals surface area contributed by atoms with Crippen LogP contribution in [0.25, 0.3) is 0 Å². The molecule has 0 fully saturated rings. The van der Waals surface area contributed by atoms with Gasteiger partial charge in [-0.05, 0) is 6.08 Å². The van der Waals surface area contributed by atoms with Crippen molar-refractivity contribution in [3.05, 3.63) is 24.5 Å². The van der Waals surface area contributed by atoms with E-state index in [1.807, 2.05) is 0 Å². The lowest BCUT2D eigenvalue weighted by Crippen LogP contribution is -2.18. The summed E-state index contributed by atoms with van der Waals surface area (Å²) in [5.41, 5.74) is 4.77. The largest absolute Gasteiger partial charge is 0.406 e. The minimum absolute atomic E-state index is 0.106. The van der Waals surface area contributed by atoms with Gasteiger partial charge in [-0.3, -0.25) is 4.79 Å². The summed E-state index contributed by atoms with van der Waals surface area (Å²) < 4.78 is 0. The molecule has 0 saturated carbocycles. The van der Waals surface area contributed by atoms with E-state index in [1.54, 1.807) is 0 Å². The number of carbonyl (C=O) groups excluding carboxylic acids is 1. The molecule has 9 heavy (non-hydrogen) atoms. The molecule has 0 aliphatic rings. The highest BCUT2D eigenvalue weighted by Crippen LogP contribution is 1.89. The van der Waals surface area contributed by atoms with Crippen LogP contribution in [0.3, 0.4) is 0 Å². The molecule has 0 aliphatic heterocycles. The summed E-state index contributed by atoms with van der Waals surface area (Å²) in [5.74, 6) is 3.83. The van der Waals surface area contributed by atoms with Crippen molar-refractivity contribution < 1.29 is 9.63 Å². The number of hydrogen-bond donors (Lipinski definition) is 2. The monoisotopic (exact) mass is 128 g/mol. The van der Waals surface area contributed by atoms with Gasteiger partial charge in [0.1, 0.15) is 0 Å². The Labute approximate surface area is 52.7 Å². The van der Waals surface area contributed by atoms with E-state index in [0.29, 0.717) is 0 Å². The Bertz CT molecular complexity index is 151. The number of nitrogens with two attached hydrogens (primary N) is 2. The predicted molar refractivity (Wildman–Crippen MR) is 32.7 cm³/mol. The normalized spacial score (nSPS) is 10.6. The predicted octanol–water partition coefficient (Wildman–Crippen LogP) is -0.568. The van der Waals surface area contributed by atoms with E-state index in [-0.39, 0.29) is 5.76 Å².